The molecular weight excluding hydrogens is 280 g/mol. The van der Waals surface area contributed by atoms with Crippen molar-refractivity contribution in [2.45, 2.75) is 78.1 Å². The molecule has 0 radical (unpaired) electrons. The zero-order valence-electron chi connectivity index (χ0n) is 14.1. The van der Waals surface area contributed by atoms with Crippen LogP contribution in [0.25, 0.3) is 0 Å². The average Bonchev–Trinajstić information content (AvgIpc) is 2.51. The Labute approximate surface area is 134 Å². The van der Waals surface area contributed by atoms with E-state index in [4.69, 9.17) is 9.47 Å². The Balaban J connectivity index is 3.52. The number of carbonyl (C=O) groups excluding carboxylic acids is 2. The van der Waals surface area contributed by atoms with E-state index < -0.39 is 0 Å². The molecule has 0 aliphatic carbocycles. The Bertz CT molecular complexity index is 320. The molecule has 0 atom stereocenters. The van der Waals surface area contributed by atoms with Crippen LogP contribution < -0.4 is 0 Å². The number of hydrogen-bond acceptors (Lipinski definition) is 4. The van der Waals surface area contributed by atoms with Crippen LogP contribution >= 0.6 is 0 Å². The van der Waals surface area contributed by atoms with E-state index in [1.165, 1.54) is 0 Å². The fourth-order valence-electron chi connectivity index (χ4n) is 1.80. The van der Waals surface area contributed by atoms with Crippen molar-refractivity contribution in [2.24, 2.45) is 0 Å². The molecule has 0 rings (SSSR count). The predicted molar refractivity (Wildman–Crippen MR) is 87.2 cm³/mol. The van der Waals surface area contributed by atoms with Crippen LogP contribution in [-0.4, -0.2) is 25.2 Å². The molecule has 0 unspecified atom stereocenters. The molecule has 0 saturated carbocycles. The molecular formula is C18H30O4. The van der Waals surface area contributed by atoms with Gasteiger partial charge in [-0.25, -0.2) is 0 Å². The molecule has 126 valence electrons. The Morgan fingerprint density at radius 1 is 0.682 bits per heavy atom. The Morgan fingerprint density at radius 3 is 1.45 bits per heavy atom. The molecule has 0 saturated heterocycles. The normalized spacial score (nSPS) is 9.73. The van der Waals surface area contributed by atoms with Crippen molar-refractivity contribution in [1.29, 1.82) is 0 Å². The van der Waals surface area contributed by atoms with E-state index in [0.717, 1.165) is 51.4 Å². The van der Waals surface area contributed by atoms with Gasteiger partial charge >= 0.3 is 11.9 Å². The van der Waals surface area contributed by atoms with E-state index in [0.29, 0.717) is 13.2 Å². The largest absolute Gasteiger partial charge is 0.465 e. The molecule has 4 heteroatoms. The first-order valence-corrected chi connectivity index (χ1v) is 8.47. The van der Waals surface area contributed by atoms with Crippen LogP contribution in [0.15, 0.2) is 0 Å². The van der Waals surface area contributed by atoms with Gasteiger partial charge in [-0.2, -0.15) is 0 Å². The first-order valence-electron chi connectivity index (χ1n) is 8.47. The second kappa shape index (κ2) is 15.9. The number of esters is 2. The number of rotatable bonds is 12. The molecule has 0 fully saturated rings. The lowest BCUT2D eigenvalue weighted by molar-refractivity contribution is -0.143. The van der Waals surface area contributed by atoms with Gasteiger partial charge in [0.2, 0.25) is 0 Å². The maximum Gasteiger partial charge on any atom is 0.317 e. The summed E-state index contributed by atoms with van der Waals surface area (Å²) in [4.78, 5) is 22.7. The van der Waals surface area contributed by atoms with Crippen molar-refractivity contribution < 1.29 is 19.1 Å². The van der Waals surface area contributed by atoms with Gasteiger partial charge in [0.1, 0.15) is 12.8 Å². The molecule has 0 aromatic carbocycles. The molecule has 4 nitrogen and oxygen atoms in total. The lowest BCUT2D eigenvalue weighted by atomic mass is 10.2. The minimum Gasteiger partial charge on any atom is -0.465 e. The van der Waals surface area contributed by atoms with E-state index in [1.54, 1.807) is 0 Å². The predicted octanol–water partition coefficient (Wildman–Crippen LogP) is 4.02. The standard InChI is InChI=1S/C18H30O4/c1-3-5-7-11-15-21-17(19)13-9-10-14-18(20)22-16-12-8-6-4-2/h3-8,11-16H2,1-2H3. The first kappa shape index (κ1) is 20.5. The molecule has 0 aromatic heterocycles. The summed E-state index contributed by atoms with van der Waals surface area (Å²) in [6, 6.07) is 0. The van der Waals surface area contributed by atoms with E-state index >= 15 is 0 Å². The van der Waals surface area contributed by atoms with Crippen molar-refractivity contribution in [3.05, 3.63) is 0 Å². The number of hydrogen-bond donors (Lipinski definition) is 0. The minimum atomic E-state index is -0.322. The van der Waals surface area contributed by atoms with Gasteiger partial charge in [0, 0.05) is 0 Å². The Kier molecular flexibility index (Phi) is 14.8. The molecule has 0 heterocycles. The summed E-state index contributed by atoms with van der Waals surface area (Å²) < 4.78 is 10.1. The van der Waals surface area contributed by atoms with E-state index in [9.17, 15) is 9.59 Å². The third-order valence-electron chi connectivity index (χ3n) is 3.11. The van der Waals surface area contributed by atoms with Crippen LogP contribution in [0.3, 0.4) is 0 Å². The maximum atomic E-state index is 11.4. The van der Waals surface area contributed by atoms with Gasteiger partial charge in [-0.15, -0.1) is 0 Å². The van der Waals surface area contributed by atoms with Crippen molar-refractivity contribution in [1.82, 2.24) is 0 Å². The fourth-order valence-corrected chi connectivity index (χ4v) is 1.80. The molecule has 0 N–H and O–H groups in total. The molecule has 22 heavy (non-hydrogen) atoms. The van der Waals surface area contributed by atoms with E-state index in [-0.39, 0.29) is 24.8 Å². The van der Waals surface area contributed by atoms with Gasteiger partial charge < -0.3 is 9.47 Å². The van der Waals surface area contributed by atoms with Crippen LogP contribution in [0.5, 0.6) is 0 Å². The van der Waals surface area contributed by atoms with Crippen LogP contribution in [0.1, 0.15) is 78.1 Å². The van der Waals surface area contributed by atoms with Crippen molar-refractivity contribution >= 4 is 11.9 Å². The highest BCUT2D eigenvalue weighted by molar-refractivity contribution is 5.74. The summed E-state index contributed by atoms with van der Waals surface area (Å²) in [6.07, 6.45) is 8.70. The zero-order valence-corrected chi connectivity index (χ0v) is 14.1. The van der Waals surface area contributed by atoms with Crippen molar-refractivity contribution in [3.63, 3.8) is 0 Å². The first-order chi connectivity index (χ1) is 10.7. The lowest BCUT2D eigenvalue weighted by Crippen LogP contribution is -2.05. The van der Waals surface area contributed by atoms with E-state index in [1.807, 2.05) is 0 Å². The van der Waals surface area contributed by atoms with Gasteiger partial charge in [-0.1, -0.05) is 64.2 Å². The van der Waals surface area contributed by atoms with Gasteiger partial charge in [0.15, 0.2) is 0 Å². The second-order valence-corrected chi connectivity index (χ2v) is 5.27. The average molecular weight is 310 g/mol. The van der Waals surface area contributed by atoms with Gasteiger partial charge in [0.05, 0.1) is 13.2 Å². The summed E-state index contributed by atoms with van der Waals surface area (Å²) in [5, 5.41) is 0. The molecule has 0 bridgehead atoms. The smallest absolute Gasteiger partial charge is 0.317 e. The summed E-state index contributed by atoms with van der Waals surface area (Å²) in [5.41, 5.74) is 0. The fraction of sp³-hybridized carbons (Fsp3) is 0.778. The summed E-state index contributed by atoms with van der Waals surface area (Å²) in [6.45, 7) is 5.19. The maximum absolute atomic E-state index is 11.4. The Hall–Kier alpha value is -1.50. The van der Waals surface area contributed by atoms with Crippen LogP contribution in [0, 0.1) is 11.8 Å². The minimum absolute atomic E-state index is 0.0392. The number of carbonyl (C=O) groups is 2. The third-order valence-corrected chi connectivity index (χ3v) is 3.11. The lowest BCUT2D eigenvalue weighted by Gasteiger charge is -2.02. The zero-order chi connectivity index (χ0) is 16.5. The molecule has 0 spiro atoms. The number of unbranched alkanes of at least 4 members (excludes halogenated alkanes) is 6. The summed E-state index contributed by atoms with van der Waals surface area (Å²) >= 11 is 0. The molecule has 0 aliphatic heterocycles. The highest BCUT2D eigenvalue weighted by atomic mass is 16.5. The second-order valence-electron chi connectivity index (χ2n) is 5.27. The number of ether oxygens (including phenoxy) is 2. The van der Waals surface area contributed by atoms with Crippen LogP contribution in [0.4, 0.5) is 0 Å². The topological polar surface area (TPSA) is 52.6 Å². The monoisotopic (exact) mass is 310 g/mol. The summed E-state index contributed by atoms with van der Waals surface area (Å²) in [5.74, 6) is 4.66. The van der Waals surface area contributed by atoms with Gasteiger partial charge in [-0.3, -0.25) is 9.59 Å². The molecule has 0 aromatic rings. The molecule has 0 amide bonds. The quantitative estimate of drug-likeness (QED) is 0.310. The third kappa shape index (κ3) is 14.9. The van der Waals surface area contributed by atoms with Crippen molar-refractivity contribution in [2.75, 3.05) is 13.2 Å². The SMILES string of the molecule is CCCCCCOC(=O)CC#CCC(=O)OCCCCCC. The molecule has 0 aliphatic rings. The van der Waals surface area contributed by atoms with Gasteiger partial charge in [0.25, 0.3) is 0 Å². The summed E-state index contributed by atoms with van der Waals surface area (Å²) in [7, 11) is 0. The Morgan fingerprint density at radius 2 is 1.09 bits per heavy atom. The van der Waals surface area contributed by atoms with Crippen LogP contribution in [0.2, 0.25) is 0 Å². The van der Waals surface area contributed by atoms with Crippen molar-refractivity contribution in [3.8, 4) is 11.8 Å². The highest BCUT2D eigenvalue weighted by Gasteiger charge is 2.01. The van der Waals surface area contributed by atoms with Crippen LogP contribution in [-0.2, 0) is 19.1 Å². The van der Waals surface area contributed by atoms with Gasteiger partial charge in [-0.05, 0) is 12.8 Å². The van der Waals surface area contributed by atoms with E-state index in [2.05, 4.69) is 25.7 Å². The highest BCUT2D eigenvalue weighted by Crippen LogP contribution is 2.00.